The van der Waals surface area contributed by atoms with Crippen LogP contribution in [0.4, 0.5) is 0 Å². The molecule has 0 aliphatic rings. The Morgan fingerprint density at radius 2 is 1.70 bits per heavy atom. The molecule has 0 aliphatic carbocycles. The van der Waals surface area contributed by atoms with Crippen molar-refractivity contribution in [2.45, 2.75) is 18.8 Å². The zero-order valence-corrected chi connectivity index (χ0v) is 14.5. The van der Waals surface area contributed by atoms with Gasteiger partial charge in [-0.15, -0.1) is 23.2 Å². The Balaban J connectivity index is 2.42. The van der Waals surface area contributed by atoms with E-state index in [0.29, 0.717) is 11.8 Å². The maximum atomic E-state index is 6.31. The van der Waals surface area contributed by atoms with E-state index in [2.05, 4.69) is 59.3 Å². The summed E-state index contributed by atoms with van der Waals surface area (Å²) in [4.78, 5) is 0. The number of benzene rings is 2. The summed E-state index contributed by atoms with van der Waals surface area (Å²) in [5.41, 5.74) is 3.52. The first-order chi connectivity index (χ1) is 9.61. The molecule has 0 bridgehead atoms. The van der Waals surface area contributed by atoms with Gasteiger partial charge in [0.05, 0.1) is 0 Å². The van der Waals surface area contributed by atoms with Gasteiger partial charge in [-0.2, -0.15) is 0 Å². The van der Waals surface area contributed by atoms with Gasteiger partial charge in [0.25, 0.3) is 0 Å². The van der Waals surface area contributed by atoms with Gasteiger partial charge in [-0.1, -0.05) is 52.3 Å². The van der Waals surface area contributed by atoms with E-state index in [9.17, 15) is 0 Å². The highest BCUT2D eigenvalue weighted by atomic mass is 79.9. The average molecular weight is 372 g/mol. The molecule has 2 rings (SSSR count). The van der Waals surface area contributed by atoms with Crippen LogP contribution in [0.5, 0.6) is 0 Å². The van der Waals surface area contributed by atoms with E-state index in [1.54, 1.807) is 0 Å². The molecule has 0 radical (unpaired) electrons. The van der Waals surface area contributed by atoms with Crippen LogP contribution in [0.3, 0.4) is 0 Å². The quantitative estimate of drug-likeness (QED) is 0.590. The lowest BCUT2D eigenvalue weighted by Crippen LogP contribution is -2.33. The normalized spacial score (nSPS) is 11.6. The molecular formula is C17H17BrCl2. The zero-order valence-electron chi connectivity index (χ0n) is 11.4. The maximum Gasteiger partial charge on any atom is 0.0335 e. The minimum atomic E-state index is -0.237. The van der Waals surface area contributed by atoms with E-state index >= 15 is 0 Å². The van der Waals surface area contributed by atoms with Crippen LogP contribution >= 0.6 is 39.1 Å². The minimum Gasteiger partial charge on any atom is -0.126 e. The van der Waals surface area contributed by atoms with Gasteiger partial charge in [-0.3, -0.25) is 0 Å². The van der Waals surface area contributed by atoms with Crippen LogP contribution in [0.25, 0.3) is 0 Å². The standard InChI is InChI=1S/C17H17BrCl2/c1-13-5-2-3-6-14(13)10-17(11-19,12-20)15-7-4-8-16(18)9-15/h2-9H,10-12H2,1H3. The molecule has 0 nitrogen and oxygen atoms in total. The van der Waals surface area contributed by atoms with Crippen molar-refractivity contribution in [1.82, 2.24) is 0 Å². The molecule has 2 aromatic rings. The molecule has 0 N–H and O–H groups in total. The third kappa shape index (κ3) is 3.39. The number of alkyl halides is 2. The molecule has 0 amide bonds. The SMILES string of the molecule is Cc1ccccc1CC(CCl)(CCl)c1cccc(Br)c1. The Morgan fingerprint density at radius 1 is 1.00 bits per heavy atom. The first-order valence-corrected chi connectivity index (χ1v) is 8.40. The Hall–Kier alpha value is -0.500. The van der Waals surface area contributed by atoms with Crippen LogP contribution in [-0.2, 0) is 11.8 Å². The van der Waals surface area contributed by atoms with Crippen LogP contribution in [0.2, 0.25) is 0 Å². The van der Waals surface area contributed by atoms with E-state index in [-0.39, 0.29) is 5.41 Å². The smallest absolute Gasteiger partial charge is 0.0335 e. The zero-order chi connectivity index (χ0) is 14.6. The third-order valence-corrected chi connectivity index (χ3v) is 5.26. The second kappa shape index (κ2) is 6.98. The molecule has 2 aromatic carbocycles. The molecule has 0 aliphatic heterocycles. The fourth-order valence-electron chi connectivity index (χ4n) is 2.38. The van der Waals surface area contributed by atoms with Crippen molar-refractivity contribution in [2.24, 2.45) is 0 Å². The first-order valence-electron chi connectivity index (χ1n) is 6.54. The summed E-state index contributed by atoms with van der Waals surface area (Å²) < 4.78 is 1.05. The highest BCUT2D eigenvalue weighted by Gasteiger charge is 2.31. The topological polar surface area (TPSA) is 0 Å². The van der Waals surface area contributed by atoms with Gasteiger partial charge in [0.1, 0.15) is 0 Å². The Kier molecular flexibility index (Phi) is 5.54. The summed E-state index contributed by atoms with van der Waals surface area (Å²) in [5, 5.41) is 0. The first kappa shape index (κ1) is 15.9. The molecule has 0 unspecified atom stereocenters. The Bertz CT molecular complexity index is 577. The molecule has 0 atom stereocenters. The van der Waals surface area contributed by atoms with Crippen LogP contribution in [0.1, 0.15) is 16.7 Å². The molecule has 0 spiro atoms. The van der Waals surface area contributed by atoms with Crippen LogP contribution in [0, 0.1) is 6.92 Å². The highest BCUT2D eigenvalue weighted by molar-refractivity contribution is 9.10. The van der Waals surface area contributed by atoms with Gasteiger partial charge < -0.3 is 0 Å². The highest BCUT2D eigenvalue weighted by Crippen LogP contribution is 2.33. The molecule has 0 saturated heterocycles. The number of hydrogen-bond acceptors (Lipinski definition) is 0. The van der Waals surface area contributed by atoms with Gasteiger partial charge >= 0.3 is 0 Å². The lowest BCUT2D eigenvalue weighted by atomic mass is 9.78. The monoisotopic (exact) mass is 370 g/mol. The lowest BCUT2D eigenvalue weighted by Gasteiger charge is -2.31. The van der Waals surface area contributed by atoms with Gasteiger partial charge in [0.2, 0.25) is 0 Å². The van der Waals surface area contributed by atoms with Crippen molar-refractivity contribution in [2.75, 3.05) is 11.8 Å². The van der Waals surface area contributed by atoms with Gasteiger partial charge in [0, 0.05) is 21.6 Å². The number of aryl methyl sites for hydroxylation is 1. The van der Waals surface area contributed by atoms with Gasteiger partial charge in [-0.05, 0) is 42.2 Å². The van der Waals surface area contributed by atoms with Crippen molar-refractivity contribution in [3.8, 4) is 0 Å². The van der Waals surface area contributed by atoms with Crippen molar-refractivity contribution in [1.29, 1.82) is 0 Å². The Morgan fingerprint density at radius 3 is 2.30 bits per heavy atom. The van der Waals surface area contributed by atoms with Gasteiger partial charge in [-0.25, -0.2) is 0 Å². The molecule has 0 saturated carbocycles. The number of hydrogen-bond donors (Lipinski definition) is 0. The second-order valence-corrected chi connectivity index (χ2v) is 6.61. The molecular weight excluding hydrogens is 355 g/mol. The number of rotatable bonds is 5. The minimum absolute atomic E-state index is 0.237. The second-order valence-electron chi connectivity index (χ2n) is 5.16. The molecule has 20 heavy (non-hydrogen) atoms. The summed E-state index contributed by atoms with van der Waals surface area (Å²) in [6.45, 7) is 2.13. The average Bonchev–Trinajstić information content (AvgIpc) is 2.47. The van der Waals surface area contributed by atoms with E-state index in [1.807, 2.05) is 12.1 Å². The predicted octanol–water partition coefficient (Wildman–Crippen LogP) is 5.72. The fourth-order valence-corrected chi connectivity index (χ4v) is 3.56. The van der Waals surface area contributed by atoms with Crippen molar-refractivity contribution in [3.05, 3.63) is 69.7 Å². The summed E-state index contributed by atoms with van der Waals surface area (Å²) in [6.07, 6.45) is 0.850. The van der Waals surface area contributed by atoms with Crippen LogP contribution in [-0.4, -0.2) is 11.8 Å². The van der Waals surface area contributed by atoms with Crippen LogP contribution < -0.4 is 0 Å². The van der Waals surface area contributed by atoms with Crippen molar-refractivity contribution in [3.63, 3.8) is 0 Å². The maximum absolute atomic E-state index is 6.31. The van der Waals surface area contributed by atoms with E-state index < -0.39 is 0 Å². The van der Waals surface area contributed by atoms with E-state index in [1.165, 1.54) is 16.7 Å². The molecule has 0 fully saturated rings. The predicted molar refractivity (Wildman–Crippen MR) is 92.1 cm³/mol. The molecule has 0 aromatic heterocycles. The third-order valence-electron chi connectivity index (χ3n) is 3.74. The van der Waals surface area contributed by atoms with Gasteiger partial charge in [0.15, 0.2) is 0 Å². The molecule has 106 valence electrons. The van der Waals surface area contributed by atoms with E-state index in [0.717, 1.165) is 10.9 Å². The largest absolute Gasteiger partial charge is 0.126 e. The van der Waals surface area contributed by atoms with Crippen LogP contribution in [0.15, 0.2) is 53.0 Å². The fraction of sp³-hybridized carbons (Fsp3) is 0.294. The molecule has 3 heteroatoms. The lowest BCUT2D eigenvalue weighted by molar-refractivity contribution is 0.534. The summed E-state index contributed by atoms with van der Waals surface area (Å²) >= 11 is 16.2. The summed E-state index contributed by atoms with van der Waals surface area (Å²) in [5.74, 6) is 1.00. The summed E-state index contributed by atoms with van der Waals surface area (Å²) in [7, 11) is 0. The van der Waals surface area contributed by atoms with Crippen molar-refractivity contribution >= 4 is 39.1 Å². The van der Waals surface area contributed by atoms with Crippen molar-refractivity contribution < 1.29 is 0 Å². The Labute approximate surface area is 139 Å². The molecule has 0 heterocycles. The summed E-state index contributed by atoms with van der Waals surface area (Å²) in [6, 6.07) is 16.7. The van der Waals surface area contributed by atoms with E-state index in [4.69, 9.17) is 23.2 Å². The number of halogens is 3.